The molecular weight excluding hydrogens is 230 g/mol. The predicted molar refractivity (Wildman–Crippen MR) is 66.2 cm³/mol. The minimum Gasteiger partial charge on any atom is -0.376 e. The standard InChI is InChI=1S/C14H17NO3/c1-17-14-12-7-3-2-6-11(12)13(16)15(14)9-10-5-4-8-18-10/h2-3,6-7,10,14H,4-5,8-9H2,1H3. The largest absolute Gasteiger partial charge is 0.376 e. The van der Waals surface area contributed by atoms with E-state index in [9.17, 15) is 4.79 Å². The molecule has 18 heavy (non-hydrogen) atoms. The van der Waals surface area contributed by atoms with Crippen molar-refractivity contribution in [3.63, 3.8) is 0 Å². The average molecular weight is 247 g/mol. The monoisotopic (exact) mass is 247 g/mol. The van der Waals surface area contributed by atoms with Crippen LogP contribution in [-0.4, -0.2) is 37.2 Å². The molecule has 2 unspecified atom stereocenters. The Morgan fingerprint density at radius 1 is 1.44 bits per heavy atom. The number of hydrogen-bond donors (Lipinski definition) is 0. The molecule has 3 rings (SSSR count). The normalized spacial score (nSPS) is 26.7. The lowest BCUT2D eigenvalue weighted by atomic mass is 10.1. The van der Waals surface area contributed by atoms with Gasteiger partial charge in [-0.15, -0.1) is 0 Å². The molecule has 1 aromatic carbocycles. The highest BCUT2D eigenvalue weighted by Gasteiger charge is 2.38. The second kappa shape index (κ2) is 4.71. The van der Waals surface area contributed by atoms with Gasteiger partial charge in [0, 0.05) is 24.8 Å². The lowest BCUT2D eigenvalue weighted by molar-refractivity contribution is -0.0327. The van der Waals surface area contributed by atoms with Gasteiger partial charge in [0.2, 0.25) is 0 Å². The van der Waals surface area contributed by atoms with Crippen molar-refractivity contribution in [2.24, 2.45) is 0 Å². The van der Waals surface area contributed by atoms with E-state index in [1.165, 1.54) is 0 Å². The van der Waals surface area contributed by atoms with Crippen LogP contribution in [0.15, 0.2) is 24.3 Å². The highest BCUT2D eigenvalue weighted by molar-refractivity contribution is 5.98. The fourth-order valence-electron chi connectivity index (χ4n) is 2.78. The van der Waals surface area contributed by atoms with Gasteiger partial charge in [0.1, 0.15) is 0 Å². The number of hydrogen-bond acceptors (Lipinski definition) is 3. The Morgan fingerprint density at radius 3 is 3.00 bits per heavy atom. The van der Waals surface area contributed by atoms with Crippen LogP contribution in [0.2, 0.25) is 0 Å². The molecule has 2 atom stereocenters. The molecule has 0 radical (unpaired) electrons. The summed E-state index contributed by atoms with van der Waals surface area (Å²) in [5.41, 5.74) is 1.71. The molecule has 0 N–H and O–H groups in total. The summed E-state index contributed by atoms with van der Waals surface area (Å²) < 4.78 is 11.1. The third kappa shape index (κ3) is 1.82. The van der Waals surface area contributed by atoms with Crippen molar-refractivity contribution in [3.8, 4) is 0 Å². The van der Waals surface area contributed by atoms with Crippen LogP contribution in [0.5, 0.6) is 0 Å². The van der Waals surface area contributed by atoms with E-state index in [1.54, 1.807) is 12.0 Å². The van der Waals surface area contributed by atoms with Crippen molar-refractivity contribution < 1.29 is 14.3 Å². The molecule has 4 nitrogen and oxygen atoms in total. The van der Waals surface area contributed by atoms with E-state index in [1.807, 2.05) is 24.3 Å². The minimum absolute atomic E-state index is 0.0490. The maximum atomic E-state index is 12.3. The van der Waals surface area contributed by atoms with E-state index in [0.29, 0.717) is 6.54 Å². The third-order valence-electron chi connectivity index (χ3n) is 3.65. The summed E-state index contributed by atoms with van der Waals surface area (Å²) in [6, 6.07) is 7.64. The summed E-state index contributed by atoms with van der Waals surface area (Å²) >= 11 is 0. The van der Waals surface area contributed by atoms with Crippen molar-refractivity contribution >= 4 is 5.91 Å². The van der Waals surface area contributed by atoms with Gasteiger partial charge < -0.3 is 14.4 Å². The molecule has 0 aliphatic carbocycles. The number of carbonyl (C=O) groups is 1. The summed E-state index contributed by atoms with van der Waals surface area (Å²) in [5.74, 6) is 0.0490. The first-order valence-electron chi connectivity index (χ1n) is 6.35. The minimum atomic E-state index is -0.266. The number of nitrogens with zero attached hydrogens (tertiary/aromatic N) is 1. The number of carbonyl (C=O) groups excluding carboxylic acids is 1. The quantitative estimate of drug-likeness (QED) is 0.819. The van der Waals surface area contributed by atoms with Crippen LogP contribution < -0.4 is 0 Å². The van der Waals surface area contributed by atoms with Crippen molar-refractivity contribution in [3.05, 3.63) is 35.4 Å². The highest BCUT2D eigenvalue weighted by atomic mass is 16.5. The molecule has 96 valence electrons. The van der Waals surface area contributed by atoms with Gasteiger partial charge in [-0.1, -0.05) is 18.2 Å². The Balaban J connectivity index is 1.85. The molecule has 1 saturated heterocycles. The SMILES string of the molecule is COC1c2ccccc2C(=O)N1CC1CCCO1. The molecule has 4 heteroatoms. The molecule has 2 aliphatic rings. The molecule has 0 spiro atoms. The smallest absolute Gasteiger partial charge is 0.256 e. The molecule has 0 aromatic heterocycles. The van der Waals surface area contributed by atoms with Gasteiger partial charge in [-0.2, -0.15) is 0 Å². The predicted octanol–water partition coefficient (Wildman–Crippen LogP) is 1.97. The zero-order valence-corrected chi connectivity index (χ0v) is 10.5. The van der Waals surface area contributed by atoms with E-state index in [2.05, 4.69) is 0 Å². The topological polar surface area (TPSA) is 38.8 Å². The lowest BCUT2D eigenvalue weighted by Crippen LogP contribution is -2.35. The summed E-state index contributed by atoms with van der Waals surface area (Å²) in [6.07, 6.45) is 1.99. The Bertz CT molecular complexity index is 454. The van der Waals surface area contributed by atoms with Crippen LogP contribution in [0.25, 0.3) is 0 Å². The summed E-state index contributed by atoms with van der Waals surface area (Å²) in [6.45, 7) is 1.42. The summed E-state index contributed by atoms with van der Waals surface area (Å²) in [4.78, 5) is 14.1. The van der Waals surface area contributed by atoms with Crippen LogP contribution in [0, 0.1) is 0 Å². The molecular formula is C14H17NO3. The second-order valence-electron chi connectivity index (χ2n) is 4.77. The maximum absolute atomic E-state index is 12.3. The lowest BCUT2D eigenvalue weighted by Gasteiger charge is -2.26. The van der Waals surface area contributed by atoms with E-state index >= 15 is 0 Å². The van der Waals surface area contributed by atoms with Crippen LogP contribution in [0.4, 0.5) is 0 Å². The van der Waals surface area contributed by atoms with Crippen molar-refractivity contribution in [1.29, 1.82) is 0 Å². The number of amides is 1. The molecule has 1 fully saturated rings. The zero-order chi connectivity index (χ0) is 12.5. The third-order valence-corrected chi connectivity index (χ3v) is 3.65. The zero-order valence-electron chi connectivity index (χ0n) is 10.5. The number of rotatable bonds is 3. The Kier molecular flexibility index (Phi) is 3.06. The van der Waals surface area contributed by atoms with Gasteiger partial charge in [-0.05, 0) is 18.9 Å². The van der Waals surface area contributed by atoms with Gasteiger partial charge in [0.05, 0.1) is 12.6 Å². The fourth-order valence-corrected chi connectivity index (χ4v) is 2.78. The van der Waals surface area contributed by atoms with E-state index in [4.69, 9.17) is 9.47 Å². The number of benzene rings is 1. The first-order chi connectivity index (χ1) is 8.81. The number of methoxy groups -OCH3 is 1. The highest BCUT2D eigenvalue weighted by Crippen LogP contribution is 2.34. The van der Waals surface area contributed by atoms with Gasteiger partial charge in [-0.3, -0.25) is 4.79 Å². The molecule has 2 aliphatic heterocycles. The van der Waals surface area contributed by atoms with E-state index in [-0.39, 0.29) is 18.2 Å². The van der Waals surface area contributed by atoms with Crippen LogP contribution >= 0.6 is 0 Å². The van der Waals surface area contributed by atoms with Gasteiger partial charge >= 0.3 is 0 Å². The summed E-state index contributed by atoms with van der Waals surface area (Å²) in [7, 11) is 1.64. The molecule has 2 heterocycles. The Hall–Kier alpha value is -1.39. The van der Waals surface area contributed by atoms with E-state index in [0.717, 1.165) is 30.6 Å². The molecule has 0 bridgehead atoms. The average Bonchev–Trinajstić information content (AvgIpc) is 2.99. The van der Waals surface area contributed by atoms with Crippen molar-refractivity contribution in [1.82, 2.24) is 4.90 Å². The van der Waals surface area contributed by atoms with Gasteiger partial charge in [0.15, 0.2) is 6.23 Å². The van der Waals surface area contributed by atoms with Crippen LogP contribution in [-0.2, 0) is 9.47 Å². The maximum Gasteiger partial charge on any atom is 0.256 e. The molecule has 1 amide bonds. The second-order valence-corrected chi connectivity index (χ2v) is 4.77. The van der Waals surface area contributed by atoms with Gasteiger partial charge in [-0.25, -0.2) is 0 Å². The van der Waals surface area contributed by atoms with Crippen molar-refractivity contribution in [2.45, 2.75) is 25.2 Å². The fraction of sp³-hybridized carbons (Fsp3) is 0.500. The molecule has 1 aromatic rings. The van der Waals surface area contributed by atoms with Crippen molar-refractivity contribution in [2.75, 3.05) is 20.3 Å². The van der Waals surface area contributed by atoms with E-state index < -0.39 is 0 Å². The van der Waals surface area contributed by atoms with Crippen LogP contribution in [0.1, 0.15) is 35.0 Å². The number of ether oxygens (including phenoxy) is 2. The summed E-state index contributed by atoms with van der Waals surface area (Å²) in [5, 5.41) is 0. The molecule has 0 saturated carbocycles. The van der Waals surface area contributed by atoms with Crippen LogP contribution in [0.3, 0.4) is 0 Å². The van der Waals surface area contributed by atoms with Gasteiger partial charge in [0.25, 0.3) is 5.91 Å². The Morgan fingerprint density at radius 2 is 2.28 bits per heavy atom. The number of fused-ring (bicyclic) bond motifs is 1. The first kappa shape index (κ1) is 11.7. The Labute approximate surface area is 106 Å². The first-order valence-corrected chi connectivity index (χ1v) is 6.35.